The van der Waals surface area contributed by atoms with E-state index in [1.54, 1.807) is 43.5 Å². The van der Waals surface area contributed by atoms with Crippen molar-refractivity contribution in [3.8, 4) is 5.75 Å². The van der Waals surface area contributed by atoms with Gasteiger partial charge in [-0.15, -0.1) is 0 Å². The lowest BCUT2D eigenvalue weighted by atomic mass is 10.0. The van der Waals surface area contributed by atoms with Gasteiger partial charge in [-0.05, 0) is 61.2 Å². The molecule has 1 N–H and O–H groups in total. The molecule has 6 nitrogen and oxygen atoms in total. The van der Waals surface area contributed by atoms with Crippen molar-refractivity contribution in [2.24, 2.45) is 0 Å². The first-order chi connectivity index (χ1) is 16.3. The van der Waals surface area contributed by atoms with Crippen LogP contribution in [0.1, 0.15) is 43.0 Å². The van der Waals surface area contributed by atoms with E-state index in [0.29, 0.717) is 18.5 Å². The molecule has 3 aromatic rings. The molecule has 0 saturated carbocycles. The fourth-order valence-electron chi connectivity index (χ4n) is 3.82. The van der Waals surface area contributed by atoms with E-state index >= 15 is 0 Å². The van der Waals surface area contributed by atoms with Gasteiger partial charge in [-0.25, -0.2) is 8.42 Å². The van der Waals surface area contributed by atoms with E-state index in [1.165, 1.54) is 4.31 Å². The van der Waals surface area contributed by atoms with E-state index < -0.39 is 10.0 Å². The van der Waals surface area contributed by atoms with Crippen molar-refractivity contribution in [2.75, 3.05) is 18.0 Å². The summed E-state index contributed by atoms with van der Waals surface area (Å²) in [6, 6.07) is 21.2. The molecule has 0 bridgehead atoms. The Hall–Kier alpha value is -3.32. The molecule has 7 heteroatoms. The number of amides is 1. The largest absolute Gasteiger partial charge is 0.497 e. The molecule has 0 aliphatic carbocycles. The highest BCUT2D eigenvalue weighted by molar-refractivity contribution is 7.92. The molecular weight excluding hydrogens is 448 g/mol. The molecule has 180 valence electrons. The number of carbonyl (C=O) groups is 1. The number of carbonyl (C=O) groups excluding carboxylic acids is 1. The predicted octanol–water partition coefficient (Wildman–Crippen LogP) is 5.03. The molecule has 0 spiro atoms. The van der Waals surface area contributed by atoms with Crippen LogP contribution in [0.25, 0.3) is 0 Å². The minimum absolute atomic E-state index is 0.152. The summed E-state index contributed by atoms with van der Waals surface area (Å²) in [5.41, 5.74) is 3.26. The Morgan fingerprint density at radius 3 is 2.21 bits per heavy atom. The number of sulfonamides is 1. The van der Waals surface area contributed by atoms with Gasteiger partial charge in [-0.3, -0.25) is 9.10 Å². The molecule has 0 unspecified atom stereocenters. The van der Waals surface area contributed by atoms with Crippen molar-refractivity contribution >= 4 is 21.6 Å². The van der Waals surface area contributed by atoms with Crippen LogP contribution >= 0.6 is 0 Å². The third-order valence-corrected chi connectivity index (χ3v) is 7.57. The molecule has 0 aliphatic rings. The number of anilines is 1. The first-order valence-electron chi connectivity index (χ1n) is 11.4. The maximum absolute atomic E-state index is 13.7. The maximum atomic E-state index is 13.7. The number of hydrogen-bond donors (Lipinski definition) is 1. The molecule has 3 rings (SSSR count). The molecule has 34 heavy (non-hydrogen) atoms. The van der Waals surface area contributed by atoms with Gasteiger partial charge < -0.3 is 10.1 Å². The van der Waals surface area contributed by atoms with E-state index in [1.807, 2.05) is 57.2 Å². The van der Waals surface area contributed by atoms with Crippen LogP contribution in [0.15, 0.2) is 77.7 Å². The van der Waals surface area contributed by atoms with Crippen LogP contribution in [0.5, 0.6) is 5.75 Å². The van der Waals surface area contributed by atoms with Crippen LogP contribution < -0.4 is 14.4 Å². The first kappa shape index (κ1) is 25.3. The SMILES string of the molecule is CCc1ccccc1N(CC(=O)N[C@H](CC)c1ccc(OC)cc1)S(=O)(=O)c1ccc(C)cc1. The summed E-state index contributed by atoms with van der Waals surface area (Å²) < 4.78 is 33.8. The number of nitrogens with zero attached hydrogens (tertiary/aromatic N) is 1. The smallest absolute Gasteiger partial charge is 0.264 e. The van der Waals surface area contributed by atoms with Gasteiger partial charge in [0.25, 0.3) is 10.0 Å². The summed E-state index contributed by atoms with van der Waals surface area (Å²) in [5, 5.41) is 3.00. The Morgan fingerprint density at radius 2 is 1.62 bits per heavy atom. The van der Waals surface area contributed by atoms with Crippen molar-refractivity contribution in [1.29, 1.82) is 0 Å². The molecule has 0 radical (unpaired) electrons. The molecule has 0 saturated heterocycles. The number of para-hydroxylation sites is 1. The summed E-state index contributed by atoms with van der Waals surface area (Å²) in [4.78, 5) is 13.3. The standard InChI is InChI=1S/C27H32N2O4S/c1-5-21-9-7-8-10-26(21)29(34(31,32)24-17-11-20(3)12-18-24)19-27(30)28-25(6-2)22-13-15-23(33-4)16-14-22/h7-18,25H,5-6,19H2,1-4H3,(H,28,30)/t25-/m1/s1. The molecule has 0 heterocycles. The second-order valence-corrected chi connectivity index (χ2v) is 9.97. The normalized spacial score (nSPS) is 12.1. The molecule has 1 amide bonds. The fraction of sp³-hybridized carbons (Fsp3) is 0.296. The lowest BCUT2D eigenvalue weighted by Gasteiger charge is -2.27. The molecule has 0 fully saturated rings. The lowest BCUT2D eigenvalue weighted by Crippen LogP contribution is -2.42. The van der Waals surface area contributed by atoms with E-state index in [9.17, 15) is 13.2 Å². The van der Waals surface area contributed by atoms with Crippen LogP contribution in [0.2, 0.25) is 0 Å². The van der Waals surface area contributed by atoms with Crippen LogP contribution in [-0.2, 0) is 21.2 Å². The first-order valence-corrected chi connectivity index (χ1v) is 12.8. The fourth-order valence-corrected chi connectivity index (χ4v) is 5.28. The summed E-state index contributed by atoms with van der Waals surface area (Å²) in [5.74, 6) is 0.362. The highest BCUT2D eigenvalue weighted by Gasteiger charge is 2.29. The Bertz CT molecular complexity index is 1210. The number of hydrogen-bond acceptors (Lipinski definition) is 4. The maximum Gasteiger partial charge on any atom is 0.264 e. The van der Waals surface area contributed by atoms with Gasteiger partial charge in [0.05, 0.1) is 23.7 Å². The predicted molar refractivity (Wildman–Crippen MR) is 136 cm³/mol. The van der Waals surface area contributed by atoms with Gasteiger partial charge in [0.15, 0.2) is 0 Å². The minimum Gasteiger partial charge on any atom is -0.497 e. The summed E-state index contributed by atoms with van der Waals surface area (Å²) in [6.45, 7) is 5.52. The highest BCUT2D eigenvalue weighted by atomic mass is 32.2. The van der Waals surface area contributed by atoms with E-state index in [0.717, 1.165) is 22.4 Å². The van der Waals surface area contributed by atoms with Crippen LogP contribution in [-0.4, -0.2) is 28.0 Å². The van der Waals surface area contributed by atoms with E-state index in [4.69, 9.17) is 4.74 Å². The number of rotatable bonds is 10. The van der Waals surface area contributed by atoms with E-state index in [-0.39, 0.29) is 23.4 Å². The Labute approximate surface area is 202 Å². The number of methoxy groups -OCH3 is 1. The second-order valence-electron chi connectivity index (χ2n) is 8.11. The van der Waals surface area contributed by atoms with Crippen molar-refractivity contribution in [1.82, 2.24) is 5.32 Å². The zero-order valence-corrected chi connectivity index (χ0v) is 20.9. The van der Waals surface area contributed by atoms with Crippen molar-refractivity contribution in [3.63, 3.8) is 0 Å². The minimum atomic E-state index is -3.96. The highest BCUT2D eigenvalue weighted by Crippen LogP contribution is 2.28. The topological polar surface area (TPSA) is 75.7 Å². The summed E-state index contributed by atoms with van der Waals surface area (Å²) in [6.07, 6.45) is 1.30. The van der Waals surface area contributed by atoms with Crippen LogP contribution in [0.3, 0.4) is 0 Å². The average Bonchev–Trinajstić information content (AvgIpc) is 2.86. The van der Waals surface area contributed by atoms with Gasteiger partial charge in [0, 0.05) is 0 Å². The van der Waals surface area contributed by atoms with Crippen molar-refractivity contribution < 1.29 is 17.9 Å². The number of ether oxygens (including phenoxy) is 1. The zero-order chi connectivity index (χ0) is 24.7. The second kappa shape index (κ2) is 11.2. The lowest BCUT2D eigenvalue weighted by molar-refractivity contribution is -0.120. The molecule has 1 atom stereocenters. The monoisotopic (exact) mass is 480 g/mol. The average molecular weight is 481 g/mol. The third-order valence-electron chi connectivity index (χ3n) is 5.80. The Morgan fingerprint density at radius 1 is 0.971 bits per heavy atom. The molecule has 0 aromatic heterocycles. The summed E-state index contributed by atoms with van der Waals surface area (Å²) in [7, 11) is -2.36. The third kappa shape index (κ3) is 5.78. The van der Waals surface area contributed by atoms with Gasteiger partial charge in [0.2, 0.25) is 5.91 Å². The molecule has 3 aromatic carbocycles. The van der Waals surface area contributed by atoms with Gasteiger partial charge >= 0.3 is 0 Å². The van der Waals surface area contributed by atoms with Crippen LogP contribution in [0, 0.1) is 6.92 Å². The quantitative estimate of drug-likeness (QED) is 0.442. The van der Waals surface area contributed by atoms with Crippen LogP contribution in [0.4, 0.5) is 5.69 Å². The summed E-state index contributed by atoms with van der Waals surface area (Å²) >= 11 is 0. The molecular formula is C27H32N2O4S. The molecule has 0 aliphatic heterocycles. The number of aryl methyl sites for hydroxylation is 2. The van der Waals surface area contributed by atoms with Gasteiger partial charge in [-0.1, -0.05) is 61.9 Å². The zero-order valence-electron chi connectivity index (χ0n) is 20.1. The van der Waals surface area contributed by atoms with Gasteiger partial charge in [-0.2, -0.15) is 0 Å². The number of benzene rings is 3. The Balaban J connectivity index is 1.93. The number of nitrogens with one attached hydrogen (secondary N) is 1. The van der Waals surface area contributed by atoms with Crippen molar-refractivity contribution in [3.05, 3.63) is 89.5 Å². The van der Waals surface area contributed by atoms with Gasteiger partial charge in [0.1, 0.15) is 12.3 Å². The van der Waals surface area contributed by atoms with Crippen molar-refractivity contribution in [2.45, 2.75) is 44.6 Å². The Kier molecular flexibility index (Phi) is 8.34. The van der Waals surface area contributed by atoms with E-state index in [2.05, 4.69) is 5.32 Å².